The van der Waals surface area contributed by atoms with Crippen LogP contribution in [0.3, 0.4) is 0 Å². The van der Waals surface area contributed by atoms with Crippen molar-refractivity contribution in [2.24, 2.45) is 0 Å². The Morgan fingerprint density at radius 3 is 2.67 bits per heavy atom. The van der Waals surface area contributed by atoms with Crippen molar-refractivity contribution < 1.29 is 13.2 Å². The van der Waals surface area contributed by atoms with E-state index in [-0.39, 0.29) is 5.56 Å². The zero-order valence-electron chi connectivity index (χ0n) is 14.1. The lowest BCUT2D eigenvalue weighted by Gasteiger charge is -2.06. The lowest BCUT2D eigenvalue weighted by Crippen LogP contribution is -2.29. The van der Waals surface area contributed by atoms with E-state index in [1.165, 1.54) is 17.7 Å². The molecule has 0 saturated carbocycles. The van der Waals surface area contributed by atoms with Gasteiger partial charge in [-0.1, -0.05) is 24.3 Å². The first-order valence-electron chi connectivity index (χ1n) is 7.87. The first-order chi connectivity index (χ1) is 12.8. The first-order valence-corrected chi connectivity index (χ1v) is 10.6. The van der Waals surface area contributed by atoms with E-state index in [1.54, 1.807) is 18.2 Å². The molecule has 1 amide bonds. The van der Waals surface area contributed by atoms with Crippen LogP contribution in [0, 0.1) is 0 Å². The van der Waals surface area contributed by atoms with Gasteiger partial charge in [-0.2, -0.15) is 0 Å². The number of aromatic nitrogens is 2. The van der Waals surface area contributed by atoms with Gasteiger partial charge in [0, 0.05) is 15.6 Å². The number of benzene rings is 2. The van der Waals surface area contributed by atoms with Crippen LogP contribution in [0.4, 0.5) is 5.82 Å². The van der Waals surface area contributed by atoms with Gasteiger partial charge in [0.25, 0.3) is 5.91 Å². The SMILES string of the molecule is CS(=O)(=O)NC(=O)c1cccc(-c2ccc3c(c2)sc2c(N)ncnc23)c1. The molecule has 2 heterocycles. The standard InChI is InChI=1S/C18H14N4O3S2/c1-27(24,25)22-18(23)12-4-2-3-10(7-12)11-5-6-13-14(8-11)26-16-15(13)20-9-21-17(16)19/h2-9H,1H3,(H,22,23)(H2,19,20,21). The molecule has 0 atom stereocenters. The summed E-state index contributed by atoms with van der Waals surface area (Å²) in [6, 6.07) is 12.7. The summed E-state index contributed by atoms with van der Waals surface area (Å²) in [6.45, 7) is 0. The molecule has 4 aromatic rings. The molecule has 2 aromatic heterocycles. The van der Waals surface area contributed by atoms with Crippen LogP contribution in [0.15, 0.2) is 48.8 Å². The maximum absolute atomic E-state index is 12.1. The normalized spacial score (nSPS) is 11.7. The van der Waals surface area contributed by atoms with Gasteiger partial charge >= 0.3 is 0 Å². The second kappa shape index (κ2) is 6.29. The Bertz CT molecular complexity index is 1310. The smallest absolute Gasteiger partial charge is 0.264 e. The van der Waals surface area contributed by atoms with Crippen LogP contribution in [0.2, 0.25) is 0 Å². The van der Waals surface area contributed by atoms with E-state index in [2.05, 4.69) is 9.97 Å². The van der Waals surface area contributed by atoms with Crippen LogP contribution in [-0.2, 0) is 10.0 Å². The third-order valence-electron chi connectivity index (χ3n) is 4.02. The molecular formula is C18H14N4O3S2. The van der Waals surface area contributed by atoms with Gasteiger partial charge in [-0.25, -0.2) is 23.1 Å². The number of nitrogen functional groups attached to an aromatic ring is 1. The Morgan fingerprint density at radius 2 is 1.89 bits per heavy atom. The molecule has 0 radical (unpaired) electrons. The Labute approximate surface area is 158 Å². The fraction of sp³-hybridized carbons (Fsp3) is 0.0556. The first kappa shape index (κ1) is 17.4. The van der Waals surface area contributed by atoms with Gasteiger partial charge < -0.3 is 5.73 Å². The Hall–Kier alpha value is -3.04. The Balaban J connectivity index is 1.78. The van der Waals surface area contributed by atoms with Crippen molar-refractivity contribution in [2.75, 3.05) is 12.0 Å². The number of nitrogens with one attached hydrogen (secondary N) is 1. The van der Waals surface area contributed by atoms with Crippen LogP contribution >= 0.6 is 11.3 Å². The zero-order valence-corrected chi connectivity index (χ0v) is 15.8. The molecule has 0 bridgehead atoms. The van der Waals surface area contributed by atoms with E-state index in [0.29, 0.717) is 5.82 Å². The molecule has 0 unspecified atom stereocenters. The summed E-state index contributed by atoms with van der Waals surface area (Å²) in [4.78, 5) is 20.4. The molecule has 0 aliphatic rings. The molecule has 0 aliphatic carbocycles. The van der Waals surface area contributed by atoms with Gasteiger partial charge in [-0.3, -0.25) is 4.79 Å². The summed E-state index contributed by atoms with van der Waals surface area (Å²) in [5.41, 5.74) is 8.72. The van der Waals surface area contributed by atoms with Crippen LogP contribution in [0.5, 0.6) is 0 Å². The van der Waals surface area contributed by atoms with Crippen LogP contribution in [-0.4, -0.2) is 30.5 Å². The maximum Gasteiger partial charge on any atom is 0.264 e. The van der Waals surface area contributed by atoms with Crippen molar-refractivity contribution in [3.8, 4) is 11.1 Å². The van der Waals surface area contributed by atoms with Crippen LogP contribution in [0.25, 0.3) is 31.4 Å². The third kappa shape index (κ3) is 3.34. The molecule has 3 N–H and O–H groups in total. The second-order valence-electron chi connectivity index (χ2n) is 6.03. The maximum atomic E-state index is 12.1. The molecule has 136 valence electrons. The number of nitrogens with zero attached hydrogens (tertiary/aromatic N) is 2. The van der Waals surface area contributed by atoms with E-state index in [0.717, 1.165) is 37.7 Å². The van der Waals surface area contributed by atoms with E-state index in [9.17, 15) is 13.2 Å². The van der Waals surface area contributed by atoms with Crippen LogP contribution in [0.1, 0.15) is 10.4 Å². The van der Waals surface area contributed by atoms with Crippen molar-refractivity contribution >= 4 is 53.4 Å². The zero-order chi connectivity index (χ0) is 19.2. The Kier molecular flexibility index (Phi) is 4.05. The molecule has 9 heteroatoms. The number of rotatable bonds is 3. The van der Waals surface area contributed by atoms with Gasteiger partial charge in [0.15, 0.2) is 0 Å². The van der Waals surface area contributed by atoms with Crippen molar-refractivity contribution in [1.29, 1.82) is 0 Å². The summed E-state index contributed by atoms with van der Waals surface area (Å²) in [5.74, 6) is -0.215. The molecule has 27 heavy (non-hydrogen) atoms. The van der Waals surface area contributed by atoms with Gasteiger partial charge in [-0.05, 0) is 29.3 Å². The lowest BCUT2D eigenvalue weighted by molar-refractivity contribution is 0.0981. The van der Waals surface area contributed by atoms with Gasteiger partial charge in [0.05, 0.1) is 16.5 Å². The molecule has 7 nitrogen and oxygen atoms in total. The number of carbonyl (C=O) groups is 1. The number of amides is 1. The van der Waals surface area contributed by atoms with Crippen molar-refractivity contribution in [1.82, 2.24) is 14.7 Å². The predicted octanol–water partition coefficient (Wildman–Crippen LogP) is 2.78. The molecule has 0 saturated heterocycles. The average Bonchev–Trinajstić information content (AvgIpc) is 3.00. The van der Waals surface area contributed by atoms with E-state index in [4.69, 9.17) is 5.73 Å². The number of anilines is 1. The summed E-state index contributed by atoms with van der Waals surface area (Å²) < 4.78 is 26.4. The molecule has 0 aliphatic heterocycles. The highest BCUT2D eigenvalue weighted by molar-refractivity contribution is 7.89. The minimum absolute atomic E-state index is 0.268. The highest BCUT2D eigenvalue weighted by atomic mass is 32.2. The van der Waals surface area contributed by atoms with Crippen molar-refractivity contribution in [2.45, 2.75) is 0 Å². The number of sulfonamides is 1. The highest BCUT2D eigenvalue weighted by Crippen LogP contribution is 2.37. The topological polar surface area (TPSA) is 115 Å². The fourth-order valence-electron chi connectivity index (χ4n) is 2.84. The minimum Gasteiger partial charge on any atom is -0.382 e. The number of hydrogen-bond acceptors (Lipinski definition) is 7. The molecule has 0 fully saturated rings. The molecule has 4 rings (SSSR count). The molecular weight excluding hydrogens is 384 g/mol. The summed E-state index contributed by atoms with van der Waals surface area (Å²) in [6.07, 6.45) is 2.39. The summed E-state index contributed by atoms with van der Waals surface area (Å²) in [7, 11) is -3.62. The number of nitrogens with two attached hydrogens (primary N) is 1. The van der Waals surface area contributed by atoms with Crippen LogP contribution < -0.4 is 10.5 Å². The monoisotopic (exact) mass is 398 g/mol. The van der Waals surface area contributed by atoms with Crippen molar-refractivity contribution in [3.05, 3.63) is 54.4 Å². The average molecular weight is 398 g/mol. The van der Waals surface area contributed by atoms with Crippen molar-refractivity contribution in [3.63, 3.8) is 0 Å². The minimum atomic E-state index is -3.62. The lowest BCUT2D eigenvalue weighted by atomic mass is 10.0. The summed E-state index contributed by atoms with van der Waals surface area (Å²) in [5, 5.41) is 0.985. The molecule has 2 aromatic carbocycles. The van der Waals surface area contributed by atoms with E-state index in [1.807, 2.05) is 29.0 Å². The Morgan fingerprint density at radius 1 is 1.11 bits per heavy atom. The van der Waals surface area contributed by atoms with Gasteiger partial charge in [0.1, 0.15) is 12.1 Å². The fourth-order valence-corrected chi connectivity index (χ4v) is 4.39. The second-order valence-corrected chi connectivity index (χ2v) is 8.83. The van der Waals surface area contributed by atoms with E-state index < -0.39 is 15.9 Å². The number of fused-ring (bicyclic) bond motifs is 3. The largest absolute Gasteiger partial charge is 0.382 e. The predicted molar refractivity (Wildman–Crippen MR) is 107 cm³/mol. The van der Waals surface area contributed by atoms with E-state index >= 15 is 0 Å². The highest BCUT2D eigenvalue weighted by Gasteiger charge is 2.13. The number of carbonyl (C=O) groups excluding carboxylic acids is 1. The molecule has 0 spiro atoms. The number of thiophene rings is 1. The third-order valence-corrected chi connectivity index (χ3v) is 5.74. The van der Waals surface area contributed by atoms with Gasteiger partial charge in [0.2, 0.25) is 10.0 Å². The number of hydrogen-bond donors (Lipinski definition) is 2. The van der Waals surface area contributed by atoms with Gasteiger partial charge in [-0.15, -0.1) is 11.3 Å². The quantitative estimate of drug-likeness (QED) is 0.548. The summed E-state index contributed by atoms with van der Waals surface area (Å²) >= 11 is 1.51.